The first kappa shape index (κ1) is 11.9. The van der Waals surface area contributed by atoms with Gasteiger partial charge >= 0.3 is 0 Å². The van der Waals surface area contributed by atoms with Crippen LogP contribution >= 0.6 is 0 Å². The van der Waals surface area contributed by atoms with Crippen molar-refractivity contribution < 1.29 is 14.9 Å². The Kier molecular flexibility index (Phi) is 6.34. The van der Waals surface area contributed by atoms with Gasteiger partial charge in [0.2, 0.25) is 0 Å². The molecule has 0 rings (SSSR count). The summed E-state index contributed by atoms with van der Waals surface area (Å²) in [4.78, 5) is 0. The largest absolute Gasteiger partial charge is 0.378 e. The third-order valence-corrected chi connectivity index (χ3v) is 1.58. The highest BCUT2D eigenvalue weighted by atomic mass is 16.5. The summed E-state index contributed by atoms with van der Waals surface area (Å²) >= 11 is 0. The zero-order valence-electron chi connectivity index (χ0n) is 8.16. The van der Waals surface area contributed by atoms with Crippen LogP contribution in [0.5, 0.6) is 0 Å². The van der Waals surface area contributed by atoms with Crippen LogP contribution in [-0.2, 0) is 4.74 Å². The molecule has 0 saturated carbocycles. The average molecular weight is 176 g/mol. The van der Waals surface area contributed by atoms with Gasteiger partial charge in [-0.3, -0.25) is 0 Å². The van der Waals surface area contributed by atoms with Crippen LogP contribution in [-0.4, -0.2) is 29.2 Å². The Labute approximate surface area is 74.4 Å². The highest BCUT2D eigenvalue weighted by Crippen LogP contribution is 2.07. The van der Waals surface area contributed by atoms with Crippen molar-refractivity contribution in [3.8, 4) is 0 Å². The predicted molar refractivity (Wildman–Crippen MR) is 47.7 cm³/mol. The molecule has 74 valence electrons. The first-order valence-corrected chi connectivity index (χ1v) is 4.50. The van der Waals surface area contributed by atoms with E-state index in [1.807, 2.05) is 6.92 Å². The maximum atomic E-state index is 8.52. The van der Waals surface area contributed by atoms with E-state index in [1.54, 1.807) is 0 Å². The normalized spacial score (nSPS) is 14.2. The van der Waals surface area contributed by atoms with Gasteiger partial charge in [-0.05, 0) is 19.3 Å². The van der Waals surface area contributed by atoms with Crippen LogP contribution in [0, 0.1) is 5.92 Å². The quantitative estimate of drug-likeness (QED) is 0.597. The van der Waals surface area contributed by atoms with Crippen LogP contribution in [0.4, 0.5) is 0 Å². The molecule has 0 aliphatic rings. The second-order valence-electron chi connectivity index (χ2n) is 3.58. The van der Waals surface area contributed by atoms with Gasteiger partial charge in [0.1, 0.15) is 0 Å². The van der Waals surface area contributed by atoms with Crippen molar-refractivity contribution in [2.45, 2.75) is 46.0 Å². The highest BCUT2D eigenvalue weighted by molar-refractivity contribution is 4.54. The maximum Gasteiger partial charge on any atom is 0.153 e. The van der Waals surface area contributed by atoms with Crippen molar-refractivity contribution in [2.24, 2.45) is 5.92 Å². The van der Waals surface area contributed by atoms with E-state index in [-0.39, 0.29) is 6.10 Å². The monoisotopic (exact) mass is 176 g/mol. The molecule has 0 radical (unpaired) electrons. The van der Waals surface area contributed by atoms with Gasteiger partial charge in [-0.1, -0.05) is 13.8 Å². The molecule has 0 aromatic rings. The van der Waals surface area contributed by atoms with Crippen LogP contribution in [0.15, 0.2) is 0 Å². The minimum Gasteiger partial charge on any atom is -0.378 e. The van der Waals surface area contributed by atoms with Crippen molar-refractivity contribution >= 4 is 0 Å². The van der Waals surface area contributed by atoms with Crippen LogP contribution < -0.4 is 0 Å². The van der Waals surface area contributed by atoms with Crippen molar-refractivity contribution in [1.82, 2.24) is 0 Å². The lowest BCUT2D eigenvalue weighted by molar-refractivity contribution is -0.0691. The van der Waals surface area contributed by atoms with Crippen LogP contribution in [0.1, 0.15) is 33.6 Å². The lowest BCUT2D eigenvalue weighted by Crippen LogP contribution is -2.15. The first-order valence-electron chi connectivity index (χ1n) is 4.50. The number of ether oxygens (including phenoxy) is 1. The Hall–Kier alpha value is -0.120. The van der Waals surface area contributed by atoms with Gasteiger partial charge in [0.05, 0.1) is 12.7 Å². The smallest absolute Gasteiger partial charge is 0.153 e. The summed E-state index contributed by atoms with van der Waals surface area (Å²) < 4.78 is 5.34. The van der Waals surface area contributed by atoms with Gasteiger partial charge in [-0.25, -0.2) is 0 Å². The molecular formula is C9H20O3. The van der Waals surface area contributed by atoms with Crippen LogP contribution in [0.3, 0.4) is 0 Å². The van der Waals surface area contributed by atoms with Gasteiger partial charge in [-0.15, -0.1) is 0 Å². The first-order chi connectivity index (χ1) is 5.52. The standard InChI is InChI=1S/C9H20O3/c1-7(2)6-8(3)12-5-4-9(10)11/h7-11H,4-6H2,1-3H3. The summed E-state index contributed by atoms with van der Waals surface area (Å²) in [6.45, 7) is 6.71. The molecule has 0 heterocycles. The van der Waals surface area contributed by atoms with E-state index in [0.717, 1.165) is 6.42 Å². The maximum absolute atomic E-state index is 8.52. The molecule has 0 fully saturated rings. The Morgan fingerprint density at radius 1 is 1.17 bits per heavy atom. The fraction of sp³-hybridized carbons (Fsp3) is 1.00. The van der Waals surface area contributed by atoms with E-state index in [9.17, 15) is 0 Å². The molecule has 0 aliphatic carbocycles. The topological polar surface area (TPSA) is 49.7 Å². The molecule has 0 saturated heterocycles. The molecule has 2 N–H and O–H groups in total. The number of hydrogen-bond acceptors (Lipinski definition) is 3. The number of aliphatic hydroxyl groups is 2. The molecule has 0 aliphatic heterocycles. The van der Waals surface area contributed by atoms with Crippen molar-refractivity contribution in [2.75, 3.05) is 6.61 Å². The molecular weight excluding hydrogens is 156 g/mol. The second-order valence-corrected chi connectivity index (χ2v) is 3.58. The molecule has 1 unspecified atom stereocenters. The fourth-order valence-corrected chi connectivity index (χ4v) is 1.11. The second kappa shape index (κ2) is 6.40. The number of hydrogen-bond donors (Lipinski definition) is 2. The fourth-order valence-electron chi connectivity index (χ4n) is 1.11. The minimum absolute atomic E-state index is 0.212. The van der Waals surface area contributed by atoms with Gasteiger partial charge in [0, 0.05) is 6.42 Å². The van der Waals surface area contributed by atoms with Gasteiger partial charge < -0.3 is 14.9 Å². The number of rotatable bonds is 6. The van der Waals surface area contributed by atoms with E-state index >= 15 is 0 Å². The van der Waals surface area contributed by atoms with Crippen molar-refractivity contribution in [3.63, 3.8) is 0 Å². The summed E-state index contributed by atoms with van der Waals surface area (Å²) in [7, 11) is 0. The third-order valence-electron chi connectivity index (χ3n) is 1.58. The molecule has 0 aromatic heterocycles. The molecule has 0 aromatic carbocycles. The molecule has 3 nitrogen and oxygen atoms in total. The van der Waals surface area contributed by atoms with E-state index in [0.29, 0.717) is 18.9 Å². The van der Waals surface area contributed by atoms with E-state index < -0.39 is 6.29 Å². The summed E-state index contributed by atoms with van der Waals surface area (Å²) in [6, 6.07) is 0. The highest BCUT2D eigenvalue weighted by Gasteiger charge is 2.05. The number of aliphatic hydroxyl groups excluding tert-OH is 1. The average Bonchev–Trinajstić information content (AvgIpc) is 1.84. The summed E-state index contributed by atoms with van der Waals surface area (Å²) in [5.74, 6) is 0.624. The van der Waals surface area contributed by atoms with Crippen LogP contribution in [0.25, 0.3) is 0 Å². The van der Waals surface area contributed by atoms with Gasteiger partial charge in [0.25, 0.3) is 0 Å². The Morgan fingerprint density at radius 3 is 2.17 bits per heavy atom. The lowest BCUT2D eigenvalue weighted by Gasteiger charge is -2.15. The molecule has 0 bridgehead atoms. The van der Waals surface area contributed by atoms with Crippen LogP contribution in [0.2, 0.25) is 0 Å². The lowest BCUT2D eigenvalue weighted by atomic mass is 10.1. The molecule has 0 spiro atoms. The van der Waals surface area contributed by atoms with E-state index in [2.05, 4.69) is 13.8 Å². The Balaban J connectivity index is 3.25. The zero-order chi connectivity index (χ0) is 9.56. The zero-order valence-corrected chi connectivity index (χ0v) is 8.16. The van der Waals surface area contributed by atoms with Gasteiger partial charge in [0.15, 0.2) is 6.29 Å². The Bertz CT molecular complexity index is 102. The molecule has 12 heavy (non-hydrogen) atoms. The Morgan fingerprint density at radius 2 is 1.75 bits per heavy atom. The third kappa shape index (κ3) is 7.98. The van der Waals surface area contributed by atoms with Gasteiger partial charge in [-0.2, -0.15) is 0 Å². The molecule has 0 amide bonds. The summed E-state index contributed by atoms with van der Waals surface area (Å²) in [5.41, 5.74) is 0. The summed E-state index contributed by atoms with van der Waals surface area (Å²) in [6.07, 6.45) is 0.282. The van der Waals surface area contributed by atoms with Crippen molar-refractivity contribution in [1.29, 1.82) is 0 Å². The van der Waals surface area contributed by atoms with E-state index in [1.165, 1.54) is 0 Å². The predicted octanol–water partition coefficient (Wildman–Crippen LogP) is 1.14. The van der Waals surface area contributed by atoms with E-state index in [4.69, 9.17) is 14.9 Å². The minimum atomic E-state index is -1.24. The summed E-state index contributed by atoms with van der Waals surface area (Å²) in [5, 5.41) is 17.0. The SMILES string of the molecule is CC(C)CC(C)OCCC(O)O. The molecule has 1 atom stereocenters. The van der Waals surface area contributed by atoms with Crippen molar-refractivity contribution in [3.05, 3.63) is 0 Å². The molecule has 3 heteroatoms.